The molecule has 3 rings (SSSR count). The maximum absolute atomic E-state index is 11.9. The Hall–Kier alpha value is -2.30. The Labute approximate surface area is 96.0 Å². The number of aromatic nitrogens is 2. The molecule has 0 aliphatic rings. The fourth-order valence-corrected chi connectivity index (χ4v) is 1.99. The minimum atomic E-state index is -0.400. The molecule has 0 bridgehead atoms. The van der Waals surface area contributed by atoms with Crippen molar-refractivity contribution in [3.63, 3.8) is 0 Å². The zero-order valence-electron chi connectivity index (χ0n) is 9.40. The highest BCUT2D eigenvalue weighted by Gasteiger charge is 2.14. The third-order valence-corrected chi connectivity index (χ3v) is 2.80. The van der Waals surface area contributed by atoms with Crippen molar-refractivity contribution in [2.75, 3.05) is 7.11 Å². The van der Waals surface area contributed by atoms with Gasteiger partial charge in [-0.2, -0.15) is 5.10 Å². The number of H-pyrrole nitrogens is 1. The monoisotopic (exact) mass is 230 g/mol. The number of hydrogen-bond acceptors (Lipinski definition) is 4. The summed E-state index contributed by atoms with van der Waals surface area (Å²) < 4.78 is 10.5. The first-order valence-corrected chi connectivity index (χ1v) is 5.17. The predicted octanol–water partition coefficient (Wildman–Crippen LogP) is 1.99. The minimum absolute atomic E-state index is 0.400. The van der Waals surface area contributed by atoms with Gasteiger partial charge in [-0.15, -0.1) is 0 Å². The molecular weight excluding hydrogens is 220 g/mol. The molecule has 3 aromatic rings. The van der Waals surface area contributed by atoms with Crippen molar-refractivity contribution < 1.29 is 9.15 Å². The van der Waals surface area contributed by atoms with E-state index in [1.54, 1.807) is 13.0 Å². The van der Waals surface area contributed by atoms with E-state index in [1.165, 1.54) is 7.11 Å². The summed E-state index contributed by atoms with van der Waals surface area (Å²) in [7, 11) is 1.54. The summed E-state index contributed by atoms with van der Waals surface area (Å²) in [6.07, 6.45) is 0. The molecule has 2 heterocycles. The van der Waals surface area contributed by atoms with E-state index in [1.807, 2.05) is 12.1 Å². The first-order valence-electron chi connectivity index (χ1n) is 5.17. The van der Waals surface area contributed by atoms with Crippen LogP contribution in [0, 0.1) is 6.92 Å². The fraction of sp³-hybridized carbons (Fsp3) is 0.167. The van der Waals surface area contributed by atoms with Gasteiger partial charge in [0.2, 0.25) is 0 Å². The van der Waals surface area contributed by atoms with Crippen LogP contribution in [0.15, 0.2) is 27.4 Å². The molecule has 5 nitrogen and oxygen atoms in total. The summed E-state index contributed by atoms with van der Waals surface area (Å²) in [5.41, 5.74) is 1.35. The van der Waals surface area contributed by atoms with Crippen LogP contribution in [0.5, 0.6) is 5.75 Å². The molecule has 5 heteroatoms. The number of ether oxygens (including phenoxy) is 1. The van der Waals surface area contributed by atoms with E-state index in [0.29, 0.717) is 27.9 Å². The number of nitrogens with zero attached hydrogens (tertiary/aromatic N) is 1. The van der Waals surface area contributed by atoms with Gasteiger partial charge >= 0.3 is 5.63 Å². The molecule has 1 N–H and O–H groups in total. The Kier molecular flexibility index (Phi) is 1.95. The molecule has 0 saturated carbocycles. The molecule has 0 amide bonds. The van der Waals surface area contributed by atoms with Crippen molar-refractivity contribution in [1.29, 1.82) is 0 Å². The van der Waals surface area contributed by atoms with E-state index in [-0.39, 0.29) is 0 Å². The summed E-state index contributed by atoms with van der Waals surface area (Å²) in [6.45, 7) is 1.79. The van der Waals surface area contributed by atoms with Crippen molar-refractivity contribution in [2.24, 2.45) is 0 Å². The molecule has 0 aliphatic heterocycles. The Morgan fingerprint density at radius 1 is 1.41 bits per heavy atom. The lowest BCUT2D eigenvalue weighted by molar-refractivity contribution is 0.407. The Balaban J connectivity index is 2.62. The first kappa shape index (κ1) is 9.89. The molecular formula is C12H10N2O3. The maximum Gasteiger partial charge on any atom is 0.347 e. The topological polar surface area (TPSA) is 68.1 Å². The summed E-state index contributed by atoms with van der Waals surface area (Å²) >= 11 is 0. The van der Waals surface area contributed by atoms with Crippen LogP contribution in [0.1, 0.15) is 5.69 Å². The van der Waals surface area contributed by atoms with Gasteiger partial charge in [-0.3, -0.25) is 5.10 Å². The Morgan fingerprint density at radius 2 is 2.24 bits per heavy atom. The van der Waals surface area contributed by atoms with Gasteiger partial charge < -0.3 is 9.15 Å². The average Bonchev–Trinajstić information content (AvgIpc) is 2.72. The van der Waals surface area contributed by atoms with Gasteiger partial charge in [-0.1, -0.05) is 6.07 Å². The molecule has 17 heavy (non-hydrogen) atoms. The molecule has 0 spiro atoms. The second-order valence-corrected chi connectivity index (χ2v) is 3.80. The van der Waals surface area contributed by atoms with E-state index in [2.05, 4.69) is 10.2 Å². The largest absolute Gasteiger partial charge is 0.493 e. The third-order valence-electron chi connectivity index (χ3n) is 2.80. The summed E-state index contributed by atoms with van der Waals surface area (Å²) in [5.74, 6) is 0.530. The van der Waals surface area contributed by atoms with Crippen molar-refractivity contribution in [3.05, 3.63) is 34.3 Å². The number of rotatable bonds is 1. The second-order valence-electron chi connectivity index (χ2n) is 3.80. The van der Waals surface area contributed by atoms with E-state index in [4.69, 9.17) is 9.15 Å². The lowest BCUT2D eigenvalue weighted by atomic mass is 10.1. The van der Waals surface area contributed by atoms with Crippen molar-refractivity contribution in [2.45, 2.75) is 6.92 Å². The number of aryl methyl sites for hydroxylation is 1. The van der Waals surface area contributed by atoms with Gasteiger partial charge in [0.25, 0.3) is 0 Å². The van der Waals surface area contributed by atoms with Gasteiger partial charge in [0.15, 0.2) is 11.3 Å². The van der Waals surface area contributed by atoms with Gasteiger partial charge in [0.05, 0.1) is 7.11 Å². The van der Waals surface area contributed by atoms with Crippen LogP contribution < -0.4 is 10.4 Å². The molecule has 86 valence electrons. The lowest BCUT2D eigenvalue weighted by Crippen LogP contribution is -2.00. The number of para-hydroxylation sites is 1. The number of methoxy groups -OCH3 is 1. The van der Waals surface area contributed by atoms with Crippen molar-refractivity contribution >= 4 is 21.9 Å². The maximum atomic E-state index is 11.9. The van der Waals surface area contributed by atoms with Crippen molar-refractivity contribution in [3.8, 4) is 5.75 Å². The van der Waals surface area contributed by atoms with Gasteiger partial charge in [0, 0.05) is 11.1 Å². The van der Waals surface area contributed by atoms with Crippen LogP contribution in [-0.4, -0.2) is 17.3 Å². The van der Waals surface area contributed by atoms with E-state index in [9.17, 15) is 4.79 Å². The lowest BCUT2D eigenvalue weighted by Gasteiger charge is -2.03. The molecule has 0 unspecified atom stereocenters. The summed E-state index contributed by atoms with van der Waals surface area (Å²) in [4.78, 5) is 11.9. The molecule has 2 aromatic heterocycles. The van der Waals surface area contributed by atoms with Crippen LogP contribution in [0.25, 0.3) is 21.9 Å². The van der Waals surface area contributed by atoms with Crippen LogP contribution in [0.4, 0.5) is 0 Å². The number of hydrogen-bond donors (Lipinski definition) is 1. The van der Waals surface area contributed by atoms with Gasteiger partial charge in [-0.25, -0.2) is 4.79 Å². The highest BCUT2D eigenvalue weighted by molar-refractivity contribution is 6.04. The minimum Gasteiger partial charge on any atom is -0.493 e. The summed E-state index contributed by atoms with van der Waals surface area (Å²) in [5, 5.41) is 8.20. The standard InChI is InChI=1S/C12H10N2O3/c1-6-9-10(14-13-6)7-4-3-5-8(16-2)11(7)17-12(9)15/h3-5H,1-2H3,(H,13,14). The molecule has 0 aliphatic carbocycles. The second kappa shape index (κ2) is 3.35. The molecule has 0 atom stereocenters. The first-order chi connectivity index (χ1) is 8.22. The average molecular weight is 230 g/mol. The number of aromatic amines is 1. The van der Waals surface area contributed by atoms with Crippen LogP contribution in [0.2, 0.25) is 0 Å². The quantitative estimate of drug-likeness (QED) is 0.649. The molecule has 1 aromatic carbocycles. The Morgan fingerprint density at radius 3 is 3.00 bits per heavy atom. The highest BCUT2D eigenvalue weighted by Crippen LogP contribution is 2.29. The third kappa shape index (κ3) is 1.25. The van der Waals surface area contributed by atoms with E-state index >= 15 is 0 Å². The zero-order valence-corrected chi connectivity index (χ0v) is 9.40. The van der Waals surface area contributed by atoms with E-state index in [0.717, 1.165) is 5.39 Å². The van der Waals surface area contributed by atoms with Crippen LogP contribution in [-0.2, 0) is 0 Å². The molecule has 0 fully saturated rings. The van der Waals surface area contributed by atoms with Crippen molar-refractivity contribution in [1.82, 2.24) is 10.2 Å². The number of fused-ring (bicyclic) bond motifs is 3. The normalized spacial score (nSPS) is 11.2. The smallest absolute Gasteiger partial charge is 0.347 e. The summed E-state index contributed by atoms with van der Waals surface area (Å²) in [6, 6.07) is 5.44. The molecule has 0 saturated heterocycles. The highest BCUT2D eigenvalue weighted by atomic mass is 16.5. The Bertz CT molecular complexity index is 770. The van der Waals surface area contributed by atoms with Crippen LogP contribution in [0.3, 0.4) is 0 Å². The predicted molar refractivity (Wildman–Crippen MR) is 63.4 cm³/mol. The van der Waals surface area contributed by atoms with Gasteiger partial charge in [-0.05, 0) is 19.1 Å². The molecule has 0 radical (unpaired) electrons. The zero-order chi connectivity index (χ0) is 12.0. The number of benzene rings is 1. The SMILES string of the molecule is COc1cccc2c1oc(=O)c1c(C)[nH]nc12. The van der Waals surface area contributed by atoms with E-state index < -0.39 is 5.63 Å². The number of nitrogens with one attached hydrogen (secondary N) is 1. The fourth-order valence-electron chi connectivity index (χ4n) is 1.99. The van der Waals surface area contributed by atoms with Gasteiger partial charge in [0.1, 0.15) is 10.9 Å². The van der Waals surface area contributed by atoms with Crippen LogP contribution >= 0.6 is 0 Å².